The Morgan fingerprint density at radius 3 is 2.79 bits per heavy atom. The maximum Gasteiger partial charge on any atom is 0.155 e. The van der Waals surface area contributed by atoms with Crippen LogP contribution in [0.25, 0.3) is 0 Å². The third-order valence-electron chi connectivity index (χ3n) is 8.63. The number of carbonyl (C=O) groups excluding carboxylic acids is 1. The minimum Gasteiger partial charge on any atom is -0.411 e. The van der Waals surface area contributed by atoms with Crippen LogP contribution >= 0.6 is 0 Å². The first-order valence-electron chi connectivity index (χ1n) is 9.89. The monoisotopic (exact) mass is 329 g/mol. The number of nitrogens with zero attached hydrogens (tertiary/aromatic N) is 1. The molecule has 3 heteroatoms. The van der Waals surface area contributed by atoms with Crippen molar-refractivity contribution in [2.45, 2.75) is 71.6 Å². The Labute approximate surface area is 145 Å². The van der Waals surface area contributed by atoms with Crippen LogP contribution in [0.3, 0.4) is 0 Å². The number of allylic oxidation sites excluding steroid dienone is 1. The van der Waals surface area contributed by atoms with Gasteiger partial charge in [0.15, 0.2) is 5.78 Å². The molecule has 3 fully saturated rings. The summed E-state index contributed by atoms with van der Waals surface area (Å²) < 4.78 is 0. The summed E-state index contributed by atoms with van der Waals surface area (Å²) in [6.07, 6.45) is 14.1. The van der Waals surface area contributed by atoms with Gasteiger partial charge in [-0.1, -0.05) is 19.4 Å². The van der Waals surface area contributed by atoms with E-state index in [1.54, 1.807) is 6.21 Å². The van der Waals surface area contributed by atoms with Gasteiger partial charge in [-0.2, -0.15) is 0 Å². The first kappa shape index (κ1) is 16.4. The number of oxime groups is 1. The van der Waals surface area contributed by atoms with Crippen LogP contribution in [0.1, 0.15) is 71.6 Å². The summed E-state index contributed by atoms with van der Waals surface area (Å²) in [5, 5.41) is 12.1. The van der Waals surface area contributed by atoms with E-state index in [1.807, 2.05) is 6.08 Å². The Balaban J connectivity index is 1.61. The molecule has 1 N–H and O–H groups in total. The van der Waals surface area contributed by atoms with Crippen molar-refractivity contribution in [2.24, 2.45) is 39.7 Å². The molecule has 0 aromatic carbocycles. The van der Waals surface area contributed by atoms with Gasteiger partial charge in [0.05, 0.1) is 0 Å². The van der Waals surface area contributed by atoms with Gasteiger partial charge < -0.3 is 5.21 Å². The van der Waals surface area contributed by atoms with E-state index in [1.165, 1.54) is 37.7 Å². The van der Waals surface area contributed by atoms with Crippen molar-refractivity contribution in [3.63, 3.8) is 0 Å². The fourth-order valence-electron chi connectivity index (χ4n) is 7.23. The topological polar surface area (TPSA) is 49.7 Å². The smallest absolute Gasteiger partial charge is 0.155 e. The number of ketones is 1. The Kier molecular flexibility index (Phi) is 3.89. The lowest BCUT2D eigenvalue weighted by Crippen LogP contribution is -2.50. The highest BCUT2D eigenvalue weighted by molar-refractivity contribution is 5.91. The van der Waals surface area contributed by atoms with E-state index in [-0.39, 0.29) is 5.41 Å². The summed E-state index contributed by atoms with van der Waals surface area (Å²) in [7, 11) is 0. The van der Waals surface area contributed by atoms with Crippen LogP contribution in [0, 0.1) is 34.5 Å². The van der Waals surface area contributed by atoms with Gasteiger partial charge in [-0.3, -0.25) is 4.79 Å². The fourth-order valence-corrected chi connectivity index (χ4v) is 7.23. The molecule has 0 spiro atoms. The minimum atomic E-state index is 0.281. The largest absolute Gasteiger partial charge is 0.411 e. The average Bonchev–Trinajstić information content (AvgIpc) is 2.90. The first-order valence-corrected chi connectivity index (χ1v) is 9.89. The zero-order chi connectivity index (χ0) is 16.9. The zero-order valence-electron chi connectivity index (χ0n) is 15.1. The molecular weight excluding hydrogens is 298 g/mol. The maximum atomic E-state index is 11.9. The molecule has 132 valence electrons. The highest BCUT2D eigenvalue weighted by Gasteiger charge is 2.58. The van der Waals surface area contributed by atoms with Crippen LogP contribution in [0.15, 0.2) is 16.8 Å². The van der Waals surface area contributed by atoms with Gasteiger partial charge in [-0.15, -0.1) is 5.16 Å². The van der Waals surface area contributed by atoms with Gasteiger partial charge >= 0.3 is 0 Å². The molecule has 4 aliphatic carbocycles. The van der Waals surface area contributed by atoms with E-state index in [0.29, 0.717) is 17.1 Å². The van der Waals surface area contributed by atoms with Crippen molar-refractivity contribution in [3.8, 4) is 0 Å². The Bertz CT molecular complexity index is 595. The van der Waals surface area contributed by atoms with Crippen LogP contribution in [-0.4, -0.2) is 17.2 Å². The van der Waals surface area contributed by atoms with E-state index < -0.39 is 0 Å². The van der Waals surface area contributed by atoms with E-state index in [9.17, 15) is 4.79 Å². The molecule has 0 heterocycles. The van der Waals surface area contributed by atoms with Crippen molar-refractivity contribution in [2.75, 3.05) is 0 Å². The van der Waals surface area contributed by atoms with Crippen molar-refractivity contribution in [1.29, 1.82) is 0 Å². The number of rotatable bonds is 2. The summed E-state index contributed by atoms with van der Waals surface area (Å²) in [6, 6.07) is 0. The molecule has 0 aliphatic heterocycles. The van der Waals surface area contributed by atoms with Crippen LogP contribution in [-0.2, 0) is 4.79 Å². The summed E-state index contributed by atoms with van der Waals surface area (Å²) in [4.78, 5) is 11.9. The summed E-state index contributed by atoms with van der Waals surface area (Å²) in [5.74, 6) is 3.45. The maximum absolute atomic E-state index is 11.9. The molecule has 0 aromatic rings. The lowest BCUT2D eigenvalue weighted by molar-refractivity contribution is -0.117. The molecule has 4 aliphatic rings. The summed E-state index contributed by atoms with van der Waals surface area (Å²) in [6.45, 7) is 4.96. The van der Waals surface area contributed by atoms with E-state index in [4.69, 9.17) is 5.21 Å². The van der Waals surface area contributed by atoms with Gasteiger partial charge in [0.1, 0.15) is 0 Å². The number of carbonyl (C=O) groups is 1. The number of hydrogen-bond donors (Lipinski definition) is 1. The quantitative estimate of drug-likeness (QED) is 0.441. The Morgan fingerprint density at radius 2 is 2.00 bits per heavy atom. The van der Waals surface area contributed by atoms with Crippen LogP contribution < -0.4 is 0 Å². The molecule has 0 radical (unpaired) electrons. The molecule has 0 saturated heterocycles. The standard InChI is InChI=1S/C21H31NO2/c1-20-11-8-19-17(18(20)6-4-14(20)9-12-22-24)5-3-15-13-16(23)7-10-21(15,19)2/h12-14,17-19,24H,3-11H2,1-2H3/t14-,17+,18+,19+,20-,21+/m1/s1. The van der Waals surface area contributed by atoms with Crippen LogP contribution in [0.5, 0.6) is 0 Å². The Hall–Kier alpha value is -1.12. The summed E-state index contributed by atoms with van der Waals surface area (Å²) >= 11 is 0. The van der Waals surface area contributed by atoms with Crippen molar-refractivity contribution < 1.29 is 10.0 Å². The van der Waals surface area contributed by atoms with Crippen molar-refractivity contribution >= 4 is 12.0 Å². The zero-order valence-corrected chi connectivity index (χ0v) is 15.1. The molecular formula is C21H31NO2. The van der Waals surface area contributed by atoms with Crippen molar-refractivity contribution in [1.82, 2.24) is 0 Å². The second-order valence-corrected chi connectivity index (χ2v) is 9.32. The van der Waals surface area contributed by atoms with Gasteiger partial charge in [0.2, 0.25) is 0 Å². The molecule has 0 aromatic heterocycles. The van der Waals surface area contributed by atoms with Gasteiger partial charge in [-0.05, 0) is 91.9 Å². The first-order chi connectivity index (χ1) is 11.5. The molecule has 4 rings (SSSR count). The average molecular weight is 329 g/mol. The third-order valence-corrected chi connectivity index (χ3v) is 8.63. The molecule has 24 heavy (non-hydrogen) atoms. The molecule has 0 amide bonds. The van der Waals surface area contributed by atoms with Crippen LogP contribution in [0.4, 0.5) is 0 Å². The second-order valence-electron chi connectivity index (χ2n) is 9.32. The molecule has 6 atom stereocenters. The predicted octanol–water partition coefficient (Wildman–Crippen LogP) is 4.98. The normalized spacial score (nSPS) is 47.9. The number of hydrogen-bond acceptors (Lipinski definition) is 3. The predicted molar refractivity (Wildman–Crippen MR) is 95.1 cm³/mol. The molecule has 0 bridgehead atoms. The van der Waals surface area contributed by atoms with Gasteiger partial charge in [0.25, 0.3) is 0 Å². The van der Waals surface area contributed by atoms with Crippen LogP contribution in [0.2, 0.25) is 0 Å². The molecule has 3 nitrogen and oxygen atoms in total. The lowest BCUT2D eigenvalue weighted by Gasteiger charge is -2.58. The third kappa shape index (κ3) is 2.23. The summed E-state index contributed by atoms with van der Waals surface area (Å²) in [5.41, 5.74) is 2.17. The number of fused-ring (bicyclic) bond motifs is 5. The fraction of sp³-hybridized carbons (Fsp3) is 0.810. The highest BCUT2D eigenvalue weighted by Crippen LogP contribution is 2.66. The van der Waals surface area contributed by atoms with Gasteiger partial charge in [0, 0.05) is 12.6 Å². The SMILES string of the molecule is C[C@]12CC[C@H]3[C@@H](CCC4=CC(=O)CC[C@@]43C)[C@@H]1CC[C@@H]2CC=NO. The highest BCUT2D eigenvalue weighted by atomic mass is 16.4. The van der Waals surface area contributed by atoms with Crippen molar-refractivity contribution in [3.05, 3.63) is 11.6 Å². The molecule has 0 unspecified atom stereocenters. The Morgan fingerprint density at radius 1 is 1.17 bits per heavy atom. The van der Waals surface area contributed by atoms with E-state index in [2.05, 4.69) is 19.0 Å². The van der Waals surface area contributed by atoms with E-state index >= 15 is 0 Å². The molecule has 3 saturated carbocycles. The lowest BCUT2D eigenvalue weighted by atomic mass is 9.47. The second kappa shape index (κ2) is 5.71. The van der Waals surface area contributed by atoms with E-state index in [0.717, 1.165) is 43.4 Å². The van der Waals surface area contributed by atoms with Gasteiger partial charge in [-0.25, -0.2) is 0 Å². The minimum absolute atomic E-state index is 0.281.